The van der Waals surface area contributed by atoms with Crippen LogP contribution in [0.1, 0.15) is 43.1 Å². The molecule has 0 bridgehead atoms. The van der Waals surface area contributed by atoms with Gasteiger partial charge in [-0.05, 0) is 75.7 Å². The summed E-state index contributed by atoms with van der Waals surface area (Å²) in [6, 6.07) is 11.1. The number of alkyl halides is 3. The van der Waals surface area contributed by atoms with Gasteiger partial charge >= 0.3 is 6.36 Å². The van der Waals surface area contributed by atoms with Gasteiger partial charge in [0.05, 0.1) is 11.4 Å². The molecule has 1 atom stereocenters. The predicted octanol–water partition coefficient (Wildman–Crippen LogP) is 4.68. The topological polar surface area (TPSA) is 79.5 Å². The van der Waals surface area contributed by atoms with Crippen molar-refractivity contribution in [2.24, 2.45) is 10.7 Å². The Hall–Kier alpha value is -3.31. The fraction of sp³-hybridized carbons (Fsp3) is 0.517. The molecule has 0 saturated carbocycles. The van der Waals surface area contributed by atoms with Gasteiger partial charge in [-0.2, -0.15) is 0 Å². The number of aryl methyl sites for hydroxylation is 1. The van der Waals surface area contributed by atoms with Crippen LogP contribution in [0.25, 0.3) is 0 Å². The normalized spacial score (nSPS) is 20.0. The molecular formula is C29H39F3N6O2. The third-order valence-corrected chi connectivity index (χ3v) is 7.64. The van der Waals surface area contributed by atoms with E-state index < -0.39 is 6.36 Å². The van der Waals surface area contributed by atoms with Gasteiger partial charge in [-0.15, -0.1) is 13.2 Å². The van der Waals surface area contributed by atoms with Gasteiger partial charge in [-0.1, -0.05) is 19.1 Å². The second-order valence-corrected chi connectivity index (χ2v) is 10.3. The van der Waals surface area contributed by atoms with Gasteiger partial charge in [-0.3, -0.25) is 14.8 Å². The lowest BCUT2D eigenvalue weighted by atomic mass is 9.97. The fourth-order valence-electron chi connectivity index (χ4n) is 5.74. The van der Waals surface area contributed by atoms with Crippen LogP contribution in [0.15, 0.2) is 53.9 Å². The molecule has 0 amide bonds. The molecule has 0 unspecified atom stereocenters. The Morgan fingerprint density at radius 3 is 2.38 bits per heavy atom. The number of hydrogen-bond donors (Lipinski definition) is 1. The lowest BCUT2D eigenvalue weighted by molar-refractivity contribution is -0.274. The lowest BCUT2D eigenvalue weighted by Gasteiger charge is -2.48. The Labute approximate surface area is 234 Å². The number of nitrogens with zero attached hydrogens (tertiary/aromatic N) is 5. The third-order valence-electron chi connectivity index (χ3n) is 7.64. The van der Waals surface area contributed by atoms with E-state index in [9.17, 15) is 13.2 Å². The van der Waals surface area contributed by atoms with E-state index in [1.165, 1.54) is 12.1 Å². The molecule has 2 aliphatic rings. The predicted molar refractivity (Wildman–Crippen MR) is 150 cm³/mol. The molecule has 2 fully saturated rings. The number of benzene rings is 1. The summed E-state index contributed by atoms with van der Waals surface area (Å²) < 4.78 is 46.6. The number of pyridine rings is 1. The first kappa shape index (κ1) is 29.7. The highest BCUT2D eigenvalue weighted by Gasteiger charge is 2.34. The number of halogens is 3. The Kier molecular flexibility index (Phi) is 9.57. The summed E-state index contributed by atoms with van der Waals surface area (Å²) in [5, 5.41) is 0. The Balaban J connectivity index is 1.31. The smallest absolute Gasteiger partial charge is 0.422 e. The van der Waals surface area contributed by atoms with Crippen molar-refractivity contribution in [3.63, 3.8) is 0 Å². The van der Waals surface area contributed by atoms with Crippen molar-refractivity contribution in [2.75, 3.05) is 44.7 Å². The number of piperidine rings is 1. The summed E-state index contributed by atoms with van der Waals surface area (Å²) in [5.74, 6) is 0.232. The van der Waals surface area contributed by atoms with Crippen molar-refractivity contribution in [1.82, 2.24) is 14.8 Å². The van der Waals surface area contributed by atoms with E-state index in [0.29, 0.717) is 23.7 Å². The van der Waals surface area contributed by atoms with Crippen LogP contribution in [0.5, 0.6) is 5.75 Å². The van der Waals surface area contributed by atoms with Crippen molar-refractivity contribution in [1.29, 1.82) is 0 Å². The number of nitrogens with two attached hydrogens (primary N) is 1. The molecule has 0 radical (unpaired) electrons. The Bertz CT molecular complexity index is 1180. The first-order valence-corrected chi connectivity index (χ1v) is 13.7. The molecule has 2 aromatic rings. The summed E-state index contributed by atoms with van der Waals surface area (Å²) in [6.45, 7) is 13.3. The fourth-order valence-corrected chi connectivity index (χ4v) is 5.74. The standard InChI is InChI=1S/C29H39F3N6O2/c1-5-23-19-37(27-11-10-26(35-20(27)2)28(34-4)39-21(3)33)16-17-38(23)24-12-14-36(15-13-24)18-22-6-8-25(9-7-22)40-29(30,31)32/h6-11,23-24H,3,5,12-19,33H2,1-2,4H3/b34-28-/t23-/m0/s1. The molecule has 218 valence electrons. The van der Waals surface area contributed by atoms with Crippen molar-refractivity contribution in [3.8, 4) is 5.75 Å². The zero-order valence-electron chi connectivity index (χ0n) is 23.5. The average molecular weight is 561 g/mol. The maximum absolute atomic E-state index is 12.4. The molecule has 0 aliphatic carbocycles. The minimum Gasteiger partial charge on any atom is -0.422 e. The highest BCUT2D eigenvalue weighted by molar-refractivity contribution is 5.93. The lowest BCUT2D eigenvalue weighted by Crippen LogP contribution is -2.58. The van der Waals surface area contributed by atoms with Gasteiger partial charge in [0, 0.05) is 45.3 Å². The molecule has 11 heteroatoms. The first-order valence-electron chi connectivity index (χ1n) is 13.7. The van der Waals surface area contributed by atoms with E-state index in [1.54, 1.807) is 19.2 Å². The van der Waals surface area contributed by atoms with E-state index in [1.807, 2.05) is 13.0 Å². The number of likely N-dealkylation sites (tertiary alicyclic amines) is 1. The molecule has 4 rings (SSSR count). The number of rotatable bonds is 8. The van der Waals surface area contributed by atoms with Crippen molar-refractivity contribution in [3.05, 3.63) is 65.8 Å². The Morgan fingerprint density at radius 2 is 1.80 bits per heavy atom. The molecule has 0 spiro atoms. The zero-order valence-corrected chi connectivity index (χ0v) is 23.5. The van der Waals surface area contributed by atoms with E-state index >= 15 is 0 Å². The van der Waals surface area contributed by atoms with Crippen LogP contribution in [0.4, 0.5) is 18.9 Å². The summed E-state index contributed by atoms with van der Waals surface area (Å²) in [7, 11) is 1.63. The Morgan fingerprint density at radius 1 is 1.10 bits per heavy atom. The van der Waals surface area contributed by atoms with Gasteiger partial charge < -0.3 is 20.1 Å². The summed E-state index contributed by atoms with van der Waals surface area (Å²) in [5.41, 5.74) is 9.23. The number of ether oxygens (including phenoxy) is 2. The van der Waals surface area contributed by atoms with Gasteiger partial charge in [0.1, 0.15) is 11.4 Å². The molecule has 2 saturated heterocycles. The molecule has 8 nitrogen and oxygen atoms in total. The van der Waals surface area contributed by atoms with Crippen molar-refractivity contribution >= 4 is 11.6 Å². The highest BCUT2D eigenvalue weighted by Crippen LogP contribution is 2.29. The van der Waals surface area contributed by atoms with Crippen molar-refractivity contribution in [2.45, 2.75) is 58.1 Å². The van der Waals surface area contributed by atoms with Crippen LogP contribution < -0.4 is 15.4 Å². The molecule has 40 heavy (non-hydrogen) atoms. The summed E-state index contributed by atoms with van der Waals surface area (Å²) in [6.07, 6.45) is -1.46. The van der Waals surface area contributed by atoms with E-state index in [4.69, 9.17) is 15.5 Å². The van der Waals surface area contributed by atoms with Gasteiger partial charge in [-0.25, -0.2) is 4.98 Å². The van der Waals surface area contributed by atoms with E-state index in [0.717, 1.165) is 75.5 Å². The van der Waals surface area contributed by atoms with Gasteiger partial charge in [0.15, 0.2) is 5.88 Å². The van der Waals surface area contributed by atoms with E-state index in [2.05, 4.69) is 44.0 Å². The highest BCUT2D eigenvalue weighted by atomic mass is 19.4. The monoisotopic (exact) mass is 560 g/mol. The minimum absolute atomic E-state index is 0.0745. The van der Waals surface area contributed by atoms with Crippen LogP contribution in [0.2, 0.25) is 0 Å². The van der Waals surface area contributed by atoms with Crippen LogP contribution in [0.3, 0.4) is 0 Å². The second kappa shape index (κ2) is 12.9. The maximum Gasteiger partial charge on any atom is 0.573 e. The molecule has 2 aliphatic heterocycles. The average Bonchev–Trinajstić information content (AvgIpc) is 2.92. The second-order valence-electron chi connectivity index (χ2n) is 10.3. The largest absolute Gasteiger partial charge is 0.573 e. The maximum atomic E-state index is 12.4. The molecule has 2 N–H and O–H groups in total. The number of aromatic nitrogens is 1. The molecule has 3 heterocycles. The molecular weight excluding hydrogens is 521 g/mol. The molecule has 1 aromatic heterocycles. The number of hydrogen-bond acceptors (Lipinski definition) is 8. The van der Waals surface area contributed by atoms with Crippen LogP contribution in [0, 0.1) is 6.92 Å². The van der Waals surface area contributed by atoms with Crippen molar-refractivity contribution < 1.29 is 22.6 Å². The number of aliphatic imine (C=N–C) groups is 1. The van der Waals surface area contributed by atoms with E-state index in [-0.39, 0.29) is 11.6 Å². The minimum atomic E-state index is -4.67. The van der Waals surface area contributed by atoms with Gasteiger partial charge in [0.2, 0.25) is 5.90 Å². The summed E-state index contributed by atoms with van der Waals surface area (Å²) >= 11 is 0. The number of anilines is 1. The third kappa shape index (κ3) is 7.66. The zero-order chi connectivity index (χ0) is 28.9. The van der Waals surface area contributed by atoms with Crippen LogP contribution in [-0.4, -0.2) is 78.9 Å². The number of piperazine rings is 1. The SMILES string of the molecule is C=C(N)O/C(=N\C)c1ccc(N2CCN(C3CCN(Cc4ccc(OC(F)(F)F)cc4)CC3)[C@@H](CC)C2)c(C)n1. The molecule has 1 aromatic carbocycles. The van der Waals surface area contributed by atoms with Crippen LogP contribution >= 0.6 is 0 Å². The quantitative estimate of drug-likeness (QED) is 0.285. The first-order chi connectivity index (χ1) is 19.1. The van der Waals surface area contributed by atoms with Gasteiger partial charge in [0.25, 0.3) is 0 Å². The van der Waals surface area contributed by atoms with Crippen LogP contribution in [-0.2, 0) is 11.3 Å². The summed E-state index contributed by atoms with van der Waals surface area (Å²) in [4.78, 5) is 16.3.